The molecule has 0 aliphatic carbocycles. The van der Waals surface area contributed by atoms with Crippen LogP contribution in [0.3, 0.4) is 0 Å². The maximum absolute atomic E-state index is 12.5. The van der Waals surface area contributed by atoms with Crippen molar-refractivity contribution in [3.05, 3.63) is 47.3 Å². The van der Waals surface area contributed by atoms with Gasteiger partial charge in [0.25, 0.3) is 10.0 Å². The number of hydrogen-bond acceptors (Lipinski definition) is 4. The van der Waals surface area contributed by atoms with Gasteiger partial charge in [-0.3, -0.25) is 9.71 Å². The molecule has 0 aliphatic rings. The van der Waals surface area contributed by atoms with Crippen LogP contribution in [0, 0.1) is 20.8 Å². The van der Waals surface area contributed by atoms with E-state index in [0.29, 0.717) is 22.5 Å². The third-order valence-electron chi connectivity index (χ3n) is 3.04. The van der Waals surface area contributed by atoms with Crippen LogP contribution in [0.2, 0.25) is 0 Å². The quantitative estimate of drug-likeness (QED) is 0.850. The van der Waals surface area contributed by atoms with Crippen LogP contribution in [0.4, 0.5) is 11.4 Å². The number of nitrogen functional groups attached to an aromatic ring is 1. The molecule has 0 amide bonds. The highest BCUT2D eigenvalue weighted by Crippen LogP contribution is 2.26. The summed E-state index contributed by atoms with van der Waals surface area (Å²) in [6.07, 6.45) is 3.14. The normalized spacial score (nSPS) is 11.3. The Hall–Kier alpha value is -2.08. The largest absolute Gasteiger partial charge is 0.398 e. The van der Waals surface area contributed by atoms with Gasteiger partial charge < -0.3 is 5.73 Å². The fourth-order valence-electron chi connectivity index (χ4n) is 2.07. The number of nitrogens with one attached hydrogen (secondary N) is 1. The average Bonchev–Trinajstić information content (AvgIpc) is 2.33. The van der Waals surface area contributed by atoms with Crippen LogP contribution >= 0.6 is 0 Å². The molecule has 0 fully saturated rings. The molecule has 0 atom stereocenters. The number of aromatic nitrogens is 1. The molecule has 106 valence electrons. The average molecular weight is 291 g/mol. The van der Waals surface area contributed by atoms with Gasteiger partial charge in [-0.2, -0.15) is 0 Å². The molecule has 0 saturated heterocycles. The lowest BCUT2D eigenvalue weighted by molar-refractivity contribution is 0.600. The molecule has 2 aromatic rings. The van der Waals surface area contributed by atoms with Crippen molar-refractivity contribution in [2.75, 3.05) is 10.5 Å². The minimum absolute atomic E-state index is 0.221. The molecule has 0 saturated carbocycles. The fourth-order valence-corrected chi connectivity index (χ4v) is 3.61. The molecular weight excluding hydrogens is 274 g/mol. The summed E-state index contributed by atoms with van der Waals surface area (Å²) < 4.78 is 27.6. The Kier molecular flexibility index (Phi) is 3.67. The standard InChI is InChI=1S/C14H17N3O2S/c1-9-6-12(8-16-7-9)17-20(18,19)14-10(2)4-5-13(15)11(14)3/h4-8,17H,15H2,1-3H3. The van der Waals surface area contributed by atoms with Gasteiger partial charge in [0.2, 0.25) is 0 Å². The van der Waals surface area contributed by atoms with Crippen molar-refractivity contribution in [3.63, 3.8) is 0 Å². The zero-order valence-corrected chi connectivity index (χ0v) is 12.5. The lowest BCUT2D eigenvalue weighted by atomic mass is 10.1. The molecule has 0 spiro atoms. The van der Waals surface area contributed by atoms with Gasteiger partial charge in [-0.15, -0.1) is 0 Å². The van der Waals surface area contributed by atoms with Crippen LogP contribution in [0.1, 0.15) is 16.7 Å². The van der Waals surface area contributed by atoms with Crippen molar-refractivity contribution in [2.24, 2.45) is 0 Å². The molecular formula is C14H17N3O2S. The predicted octanol–water partition coefficient (Wildman–Crippen LogP) is 2.39. The number of sulfonamides is 1. The van der Waals surface area contributed by atoms with Crippen LogP contribution in [-0.4, -0.2) is 13.4 Å². The second kappa shape index (κ2) is 5.13. The Morgan fingerprint density at radius 3 is 2.50 bits per heavy atom. The molecule has 0 radical (unpaired) electrons. The highest BCUT2D eigenvalue weighted by Gasteiger charge is 2.21. The molecule has 1 aromatic carbocycles. The number of rotatable bonds is 3. The number of nitrogens with zero attached hydrogens (tertiary/aromatic N) is 1. The van der Waals surface area contributed by atoms with Crippen LogP contribution in [-0.2, 0) is 10.0 Å². The smallest absolute Gasteiger partial charge is 0.262 e. The van der Waals surface area contributed by atoms with E-state index >= 15 is 0 Å². The monoisotopic (exact) mass is 291 g/mol. The molecule has 1 heterocycles. The van der Waals surface area contributed by atoms with Gasteiger partial charge in [0.1, 0.15) is 0 Å². The molecule has 6 heteroatoms. The highest BCUT2D eigenvalue weighted by molar-refractivity contribution is 7.92. The third kappa shape index (κ3) is 2.75. The first kappa shape index (κ1) is 14.3. The predicted molar refractivity (Wildman–Crippen MR) is 80.1 cm³/mol. The van der Waals surface area contributed by atoms with E-state index in [-0.39, 0.29) is 4.90 Å². The van der Waals surface area contributed by atoms with Crippen molar-refractivity contribution in [2.45, 2.75) is 25.7 Å². The van der Waals surface area contributed by atoms with Crippen LogP contribution < -0.4 is 10.5 Å². The van der Waals surface area contributed by atoms with Gasteiger partial charge in [0, 0.05) is 11.9 Å². The van der Waals surface area contributed by atoms with Crippen LogP contribution in [0.15, 0.2) is 35.5 Å². The van der Waals surface area contributed by atoms with Crippen LogP contribution in [0.5, 0.6) is 0 Å². The molecule has 0 bridgehead atoms. The second-order valence-corrected chi connectivity index (χ2v) is 6.40. The third-order valence-corrected chi connectivity index (χ3v) is 4.71. The van der Waals surface area contributed by atoms with E-state index in [9.17, 15) is 8.42 Å². The van der Waals surface area contributed by atoms with Crippen molar-refractivity contribution < 1.29 is 8.42 Å². The summed E-state index contributed by atoms with van der Waals surface area (Å²) in [5.74, 6) is 0. The summed E-state index contributed by atoms with van der Waals surface area (Å²) in [5.41, 5.74) is 8.78. The van der Waals surface area contributed by atoms with Gasteiger partial charge in [0.05, 0.1) is 16.8 Å². The topological polar surface area (TPSA) is 85.1 Å². The maximum atomic E-state index is 12.5. The van der Waals surface area contributed by atoms with Crippen molar-refractivity contribution in [1.82, 2.24) is 4.98 Å². The van der Waals surface area contributed by atoms with E-state index < -0.39 is 10.0 Å². The van der Waals surface area contributed by atoms with E-state index in [1.54, 1.807) is 38.2 Å². The molecule has 20 heavy (non-hydrogen) atoms. The van der Waals surface area contributed by atoms with E-state index in [0.717, 1.165) is 5.56 Å². The maximum Gasteiger partial charge on any atom is 0.262 e. The molecule has 0 unspecified atom stereocenters. The van der Waals surface area contributed by atoms with Gasteiger partial charge >= 0.3 is 0 Å². The second-order valence-electron chi connectivity index (χ2n) is 4.78. The van der Waals surface area contributed by atoms with E-state index in [2.05, 4.69) is 9.71 Å². The van der Waals surface area contributed by atoms with Crippen LogP contribution in [0.25, 0.3) is 0 Å². The van der Waals surface area contributed by atoms with Crippen molar-refractivity contribution in [1.29, 1.82) is 0 Å². The Morgan fingerprint density at radius 1 is 1.15 bits per heavy atom. The number of nitrogens with two attached hydrogens (primary N) is 1. The van der Waals surface area contributed by atoms with E-state index in [1.165, 1.54) is 6.20 Å². The fraction of sp³-hybridized carbons (Fsp3) is 0.214. The SMILES string of the molecule is Cc1cncc(NS(=O)(=O)c2c(C)ccc(N)c2C)c1. The Labute approximate surface area is 118 Å². The number of pyridine rings is 1. The minimum Gasteiger partial charge on any atom is -0.398 e. The zero-order valence-electron chi connectivity index (χ0n) is 11.6. The first-order valence-corrected chi connectivity index (χ1v) is 7.60. The Balaban J connectivity index is 2.49. The van der Waals surface area contributed by atoms with Crippen molar-refractivity contribution >= 4 is 21.4 Å². The number of anilines is 2. The highest BCUT2D eigenvalue weighted by atomic mass is 32.2. The van der Waals surface area contributed by atoms with Gasteiger partial charge in [0.15, 0.2) is 0 Å². The first-order chi connectivity index (χ1) is 9.31. The van der Waals surface area contributed by atoms with E-state index in [1.807, 2.05) is 6.92 Å². The summed E-state index contributed by atoms with van der Waals surface area (Å²) in [4.78, 5) is 4.19. The zero-order chi connectivity index (χ0) is 14.9. The van der Waals surface area contributed by atoms with Gasteiger partial charge in [-0.25, -0.2) is 8.42 Å². The molecule has 0 aliphatic heterocycles. The van der Waals surface area contributed by atoms with Gasteiger partial charge in [-0.1, -0.05) is 6.07 Å². The number of benzene rings is 1. The summed E-state index contributed by atoms with van der Waals surface area (Å²) >= 11 is 0. The lowest BCUT2D eigenvalue weighted by Crippen LogP contribution is -2.16. The molecule has 2 rings (SSSR count). The van der Waals surface area contributed by atoms with Crippen molar-refractivity contribution in [3.8, 4) is 0 Å². The minimum atomic E-state index is -3.68. The summed E-state index contributed by atoms with van der Waals surface area (Å²) in [6.45, 7) is 5.29. The Bertz CT molecular complexity index is 755. The number of hydrogen-bond donors (Lipinski definition) is 2. The summed E-state index contributed by atoms with van der Waals surface area (Å²) in [7, 11) is -3.68. The van der Waals surface area contributed by atoms with E-state index in [4.69, 9.17) is 5.73 Å². The molecule has 1 aromatic heterocycles. The lowest BCUT2D eigenvalue weighted by Gasteiger charge is -2.14. The molecule has 5 nitrogen and oxygen atoms in total. The summed E-state index contributed by atoms with van der Waals surface area (Å²) in [6, 6.07) is 5.13. The Morgan fingerprint density at radius 2 is 1.85 bits per heavy atom. The molecule has 3 N–H and O–H groups in total. The van der Waals surface area contributed by atoms with Gasteiger partial charge in [-0.05, 0) is 49.6 Å². The summed E-state index contributed by atoms with van der Waals surface area (Å²) in [5, 5.41) is 0. The number of aryl methyl sites for hydroxylation is 2. The first-order valence-electron chi connectivity index (χ1n) is 6.11.